The van der Waals surface area contributed by atoms with Crippen molar-refractivity contribution in [2.45, 2.75) is 11.0 Å². The first-order valence-corrected chi connectivity index (χ1v) is 11.7. The standard InChI is InChI=1S/C29H24O2S/c30-27(23-15-7-2-8-16-23)26(28(31)24-17-9-3-10-18-24)29(25-19-11-4-12-20-25)32-21-22-13-5-1-6-14-22/h1-20,26,29H,21H2. The second-order valence-electron chi connectivity index (χ2n) is 7.57. The van der Waals surface area contributed by atoms with Crippen LogP contribution in [0.4, 0.5) is 0 Å². The zero-order chi connectivity index (χ0) is 22.2. The number of carbonyl (C=O) groups excluding carboxylic acids is 2. The third-order valence-electron chi connectivity index (χ3n) is 5.38. The quantitative estimate of drug-likeness (QED) is 0.208. The molecular formula is C29H24O2S. The highest BCUT2D eigenvalue weighted by Gasteiger charge is 2.37. The number of hydrogen-bond acceptors (Lipinski definition) is 3. The Morgan fingerprint density at radius 2 is 0.969 bits per heavy atom. The van der Waals surface area contributed by atoms with Crippen LogP contribution in [0.25, 0.3) is 0 Å². The third-order valence-corrected chi connectivity index (χ3v) is 6.79. The highest BCUT2D eigenvalue weighted by molar-refractivity contribution is 7.98. The Labute approximate surface area is 193 Å². The molecule has 0 radical (unpaired) electrons. The molecule has 32 heavy (non-hydrogen) atoms. The molecule has 158 valence electrons. The number of thioether (sulfide) groups is 1. The van der Waals surface area contributed by atoms with Gasteiger partial charge < -0.3 is 0 Å². The maximum atomic E-state index is 13.8. The van der Waals surface area contributed by atoms with Crippen LogP contribution >= 0.6 is 11.8 Å². The Balaban J connectivity index is 1.76. The second kappa shape index (κ2) is 10.7. The number of Topliss-reactive ketones (excluding diaryl/α,β-unsaturated/α-hetero) is 2. The minimum atomic E-state index is -0.823. The molecule has 0 fully saturated rings. The number of benzene rings is 4. The lowest BCUT2D eigenvalue weighted by Crippen LogP contribution is -2.29. The average molecular weight is 437 g/mol. The Morgan fingerprint density at radius 1 is 0.562 bits per heavy atom. The Bertz CT molecular complexity index is 1090. The van der Waals surface area contributed by atoms with Crippen molar-refractivity contribution in [3.8, 4) is 0 Å². The lowest BCUT2D eigenvalue weighted by atomic mass is 9.84. The van der Waals surface area contributed by atoms with Crippen LogP contribution in [-0.4, -0.2) is 11.6 Å². The van der Waals surface area contributed by atoms with E-state index in [0.29, 0.717) is 16.9 Å². The molecule has 0 aliphatic heterocycles. The predicted molar refractivity (Wildman–Crippen MR) is 132 cm³/mol. The van der Waals surface area contributed by atoms with E-state index in [1.807, 2.05) is 84.9 Å². The summed E-state index contributed by atoms with van der Waals surface area (Å²) in [5, 5.41) is -0.309. The molecule has 0 amide bonds. The van der Waals surface area contributed by atoms with E-state index in [4.69, 9.17) is 0 Å². The van der Waals surface area contributed by atoms with E-state index < -0.39 is 5.92 Å². The number of ketones is 2. The van der Waals surface area contributed by atoms with Crippen molar-refractivity contribution in [1.29, 1.82) is 0 Å². The van der Waals surface area contributed by atoms with Gasteiger partial charge in [-0.3, -0.25) is 9.59 Å². The molecule has 0 saturated carbocycles. The van der Waals surface area contributed by atoms with Crippen LogP contribution in [0.15, 0.2) is 121 Å². The lowest BCUT2D eigenvalue weighted by Gasteiger charge is -2.26. The van der Waals surface area contributed by atoms with Crippen LogP contribution < -0.4 is 0 Å². The van der Waals surface area contributed by atoms with E-state index in [1.165, 1.54) is 0 Å². The highest BCUT2D eigenvalue weighted by Crippen LogP contribution is 2.41. The number of rotatable bonds is 9. The van der Waals surface area contributed by atoms with Crippen LogP contribution in [0, 0.1) is 5.92 Å². The molecule has 4 rings (SSSR count). The predicted octanol–water partition coefficient (Wildman–Crippen LogP) is 7.04. The van der Waals surface area contributed by atoms with E-state index in [2.05, 4.69) is 12.1 Å². The molecule has 0 saturated heterocycles. The summed E-state index contributed by atoms with van der Waals surface area (Å²) >= 11 is 1.64. The SMILES string of the molecule is O=C(c1ccccc1)C(C(=O)c1ccccc1)C(SCc1ccccc1)c1ccccc1. The first kappa shape index (κ1) is 21.8. The minimum Gasteiger partial charge on any atom is -0.293 e. The molecule has 4 aromatic carbocycles. The minimum absolute atomic E-state index is 0.145. The van der Waals surface area contributed by atoms with Crippen LogP contribution in [0.5, 0.6) is 0 Å². The van der Waals surface area contributed by atoms with E-state index in [-0.39, 0.29) is 16.8 Å². The van der Waals surface area contributed by atoms with Gasteiger partial charge in [-0.1, -0.05) is 121 Å². The summed E-state index contributed by atoms with van der Waals surface area (Å²) in [4.78, 5) is 27.5. The van der Waals surface area contributed by atoms with Crippen LogP contribution in [0.3, 0.4) is 0 Å². The molecule has 0 N–H and O–H groups in total. The summed E-state index contributed by atoms with van der Waals surface area (Å²) in [7, 11) is 0. The van der Waals surface area contributed by atoms with Gasteiger partial charge in [-0.2, -0.15) is 0 Å². The van der Waals surface area contributed by atoms with Gasteiger partial charge in [-0.25, -0.2) is 0 Å². The smallest absolute Gasteiger partial charge is 0.175 e. The molecule has 0 spiro atoms. The molecule has 0 heterocycles. The first-order chi connectivity index (χ1) is 15.7. The van der Waals surface area contributed by atoms with Crippen molar-refractivity contribution in [3.63, 3.8) is 0 Å². The normalized spacial score (nSPS) is 11.8. The van der Waals surface area contributed by atoms with Crippen LogP contribution in [-0.2, 0) is 5.75 Å². The first-order valence-electron chi connectivity index (χ1n) is 10.6. The monoisotopic (exact) mass is 436 g/mol. The summed E-state index contributed by atoms with van der Waals surface area (Å²) in [6.07, 6.45) is 0. The zero-order valence-electron chi connectivity index (χ0n) is 17.6. The van der Waals surface area contributed by atoms with E-state index >= 15 is 0 Å². The third kappa shape index (κ3) is 5.24. The Kier molecular flexibility index (Phi) is 7.31. The van der Waals surface area contributed by atoms with E-state index in [0.717, 1.165) is 11.1 Å². The van der Waals surface area contributed by atoms with Crippen molar-refractivity contribution in [2.24, 2.45) is 5.92 Å². The van der Waals surface area contributed by atoms with Gasteiger partial charge in [0.05, 0.1) is 0 Å². The fourth-order valence-corrected chi connectivity index (χ4v) is 5.10. The maximum Gasteiger partial charge on any atom is 0.175 e. The lowest BCUT2D eigenvalue weighted by molar-refractivity contribution is 0.0804. The van der Waals surface area contributed by atoms with E-state index in [9.17, 15) is 9.59 Å². The largest absolute Gasteiger partial charge is 0.293 e. The molecule has 0 aliphatic rings. The average Bonchev–Trinajstić information content (AvgIpc) is 2.88. The fraction of sp³-hybridized carbons (Fsp3) is 0.103. The molecule has 4 aromatic rings. The van der Waals surface area contributed by atoms with Crippen molar-refractivity contribution in [3.05, 3.63) is 144 Å². The van der Waals surface area contributed by atoms with Gasteiger partial charge in [0.25, 0.3) is 0 Å². The van der Waals surface area contributed by atoms with E-state index in [1.54, 1.807) is 36.0 Å². The van der Waals surface area contributed by atoms with Gasteiger partial charge in [-0.05, 0) is 11.1 Å². The molecule has 0 aliphatic carbocycles. The molecule has 0 aromatic heterocycles. The van der Waals surface area contributed by atoms with Gasteiger partial charge in [0.2, 0.25) is 0 Å². The van der Waals surface area contributed by atoms with Crippen molar-refractivity contribution >= 4 is 23.3 Å². The van der Waals surface area contributed by atoms with Crippen molar-refractivity contribution < 1.29 is 9.59 Å². The summed E-state index contributed by atoms with van der Waals surface area (Å²) in [6.45, 7) is 0. The van der Waals surface area contributed by atoms with Gasteiger partial charge in [0.1, 0.15) is 5.92 Å². The van der Waals surface area contributed by atoms with Crippen LogP contribution in [0.1, 0.15) is 37.1 Å². The molecule has 1 atom stereocenters. The van der Waals surface area contributed by atoms with Gasteiger partial charge in [-0.15, -0.1) is 11.8 Å². The van der Waals surface area contributed by atoms with Gasteiger partial charge >= 0.3 is 0 Å². The zero-order valence-corrected chi connectivity index (χ0v) is 18.5. The van der Waals surface area contributed by atoms with Crippen molar-refractivity contribution in [2.75, 3.05) is 0 Å². The molecular weight excluding hydrogens is 412 g/mol. The Morgan fingerprint density at radius 3 is 1.44 bits per heavy atom. The summed E-state index contributed by atoms with van der Waals surface area (Å²) in [5.41, 5.74) is 3.26. The molecule has 0 bridgehead atoms. The highest BCUT2D eigenvalue weighted by atomic mass is 32.2. The molecule has 3 heteroatoms. The molecule has 2 nitrogen and oxygen atoms in total. The second-order valence-corrected chi connectivity index (χ2v) is 8.70. The summed E-state index contributed by atoms with van der Waals surface area (Å²) in [6, 6.07) is 38.3. The number of hydrogen-bond donors (Lipinski definition) is 0. The molecule has 1 unspecified atom stereocenters. The fourth-order valence-electron chi connectivity index (χ4n) is 3.75. The van der Waals surface area contributed by atoms with Crippen molar-refractivity contribution in [1.82, 2.24) is 0 Å². The van der Waals surface area contributed by atoms with Gasteiger partial charge in [0.15, 0.2) is 11.6 Å². The topological polar surface area (TPSA) is 34.1 Å². The number of carbonyl (C=O) groups is 2. The van der Waals surface area contributed by atoms with Crippen LogP contribution in [0.2, 0.25) is 0 Å². The summed E-state index contributed by atoms with van der Waals surface area (Å²) < 4.78 is 0. The Hall–Kier alpha value is -3.43. The maximum absolute atomic E-state index is 13.8. The summed E-state index contributed by atoms with van der Waals surface area (Å²) in [5.74, 6) is -0.403. The van der Waals surface area contributed by atoms with Gasteiger partial charge in [0, 0.05) is 22.1 Å².